The summed E-state index contributed by atoms with van der Waals surface area (Å²) < 4.78 is 39.4. The van der Waals surface area contributed by atoms with E-state index in [1.54, 1.807) is 6.07 Å². The Bertz CT molecular complexity index is 872. The Kier molecular flexibility index (Phi) is 4.13. The van der Waals surface area contributed by atoms with Crippen LogP contribution in [0.25, 0.3) is 0 Å². The molecule has 142 valence electrons. The van der Waals surface area contributed by atoms with Crippen molar-refractivity contribution < 1.29 is 13.2 Å². The minimum absolute atomic E-state index is 0.0239. The van der Waals surface area contributed by atoms with Gasteiger partial charge in [-0.3, -0.25) is 0 Å². The van der Waals surface area contributed by atoms with Crippen LogP contribution in [-0.2, 0) is 11.6 Å². The quantitative estimate of drug-likeness (QED) is 0.542. The molecule has 1 nitrogen and oxygen atoms in total. The predicted molar refractivity (Wildman–Crippen MR) is 103 cm³/mol. The SMILES string of the molecule is CC(C)(C)c1ccc([C@@H]2Nc3ccc(C(F)(F)F)cc3[C@@H]3C=CC[C@H]32)cc1. The molecule has 2 aromatic carbocycles. The first kappa shape index (κ1) is 18.1. The Labute approximate surface area is 158 Å². The van der Waals surface area contributed by atoms with E-state index >= 15 is 0 Å². The Hall–Kier alpha value is -2.23. The molecule has 0 unspecified atom stereocenters. The summed E-state index contributed by atoms with van der Waals surface area (Å²) in [6, 6.07) is 12.8. The van der Waals surface area contributed by atoms with Gasteiger partial charge in [-0.25, -0.2) is 0 Å². The number of allylic oxidation sites excluding steroid dienone is 2. The largest absolute Gasteiger partial charge is 0.416 e. The molecule has 1 N–H and O–H groups in total. The lowest BCUT2D eigenvalue weighted by Gasteiger charge is -2.38. The second kappa shape index (κ2) is 6.15. The molecule has 0 fully saturated rings. The molecular formula is C23H24F3N. The number of alkyl halides is 3. The fraction of sp³-hybridized carbons (Fsp3) is 0.391. The van der Waals surface area contributed by atoms with Crippen LogP contribution in [0.4, 0.5) is 18.9 Å². The van der Waals surface area contributed by atoms with Gasteiger partial charge in [0.25, 0.3) is 0 Å². The third-order valence-corrected chi connectivity index (χ3v) is 5.83. The number of benzene rings is 2. The highest BCUT2D eigenvalue weighted by molar-refractivity contribution is 5.61. The molecule has 3 atom stereocenters. The van der Waals surface area contributed by atoms with E-state index in [2.05, 4.69) is 62.5 Å². The summed E-state index contributed by atoms with van der Waals surface area (Å²) in [5, 5.41) is 3.51. The van der Waals surface area contributed by atoms with Crippen LogP contribution in [0.2, 0.25) is 0 Å². The number of anilines is 1. The molecule has 2 aliphatic rings. The van der Waals surface area contributed by atoms with Gasteiger partial charge in [0.05, 0.1) is 11.6 Å². The van der Waals surface area contributed by atoms with Gasteiger partial charge in [0.2, 0.25) is 0 Å². The van der Waals surface area contributed by atoms with Crippen LogP contribution in [0.1, 0.15) is 61.4 Å². The van der Waals surface area contributed by atoms with Crippen molar-refractivity contribution in [2.75, 3.05) is 5.32 Å². The number of halogens is 3. The van der Waals surface area contributed by atoms with Gasteiger partial charge >= 0.3 is 6.18 Å². The maximum atomic E-state index is 13.1. The van der Waals surface area contributed by atoms with E-state index in [1.807, 2.05) is 0 Å². The van der Waals surface area contributed by atoms with Gasteiger partial charge in [-0.15, -0.1) is 0 Å². The van der Waals surface area contributed by atoms with E-state index in [0.717, 1.165) is 17.7 Å². The molecule has 2 aromatic rings. The van der Waals surface area contributed by atoms with E-state index in [-0.39, 0.29) is 23.3 Å². The summed E-state index contributed by atoms with van der Waals surface area (Å²) in [5.41, 5.74) is 3.55. The van der Waals surface area contributed by atoms with Crippen molar-refractivity contribution in [2.45, 2.75) is 50.7 Å². The topological polar surface area (TPSA) is 12.0 Å². The van der Waals surface area contributed by atoms with Gasteiger partial charge in [0.1, 0.15) is 0 Å². The molecule has 1 aliphatic heterocycles. The summed E-state index contributed by atoms with van der Waals surface area (Å²) in [7, 11) is 0. The molecule has 0 spiro atoms. The second-order valence-electron chi connectivity index (χ2n) is 8.65. The highest BCUT2D eigenvalue weighted by Gasteiger charge is 2.40. The van der Waals surface area contributed by atoms with Gasteiger partial charge in [0, 0.05) is 11.6 Å². The van der Waals surface area contributed by atoms with Crippen LogP contribution in [0.15, 0.2) is 54.6 Å². The predicted octanol–water partition coefficient (Wildman–Crippen LogP) is 6.83. The summed E-state index contributed by atoms with van der Waals surface area (Å²) in [6.07, 6.45) is 0.732. The summed E-state index contributed by atoms with van der Waals surface area (Å²) in [4.78, 5) is 0. The normalized spacial score (nSPS) is 24.3. The van der Waals surface area contributed by atoms with Crippen LogP contribution in [0.3, 0.4) is 0 Å². The van der Waals surface area contributed by atoms with E-state index in [1.165, 1.54) is 23.3 Å². The van der Waals surface area contributed by atoms with E-state index in [9.17, 15) is 13.2 Å². The average molecular weight is 371 g/mol. The standard InChI is InChI=1S/C23H24F3N/c1-22(2,3)15-9-7-14(8-10-15)21-18-6-4-5-17(18)19-13-16(23(24,25)26)11-12-20(19)27-21/h4-5,7-13,17-18,21,27H,6H2,1-3H3/t17-,18-,21+/m1/s1. The molecule has 0 radical (unpaired) electrons. The molecule has 4 rings (SSSR count). The number of fused-ring (bicyclic) bond motifs is 3. The van der Waals surface area contributed by atoms with Crippen molar-refractivity contribution in [1.82, 2.24) is 0 Å². The minimum atomic E-state index is -4.31. The third-order valence-electron chi connectivity index (χ3n) is 5.83. The van der Waals surface area contributed by atoms with Crippen molar-refractivity contribution in [1.29, 1.82) is 0 Å². The van der Waals surface area contributed by atoms with Crippen molar-refractivity contribution in [3.63, 3.8) is 0 Å². The van der Waals surface area contributed by atoms with Gasteiger partial charge < -0.3 is 5.32 Å². The van der Waals surface area contributed by atoms with Crippen LogP contribution in [0.5, 0.6) is 0 Å². The average Bonchev–Trinajstić information content (AvgIpc) is 3.09. The minimum Gasteiger partial charge on any atom is -0.378 e. The van der Waals surface area contributed by atoms with E-state index in [4.69, 9.17) is 0 Å². The number of nitrogens with one attached hydrogen (secondary N) is 1. The van der Waals surface area contributed by atoms with Gasteiger partial charge in [-0.2, -0.15) is 13.2 Å². The zero-order valence-electron chi connectivity index (χ0n) is 15.8. The highest BCUT2D eigenvalue weighted by Crippen LogP contribution is 2.50. The lowest BCUT2D eigenvalue weighted by Crippen LogP contribution is -2.29. The number of hydrogen-bond donors (Lipinski definition) is 1. The first-order valence-electron chi connectivity index (χ1n) is 9.39. The van der Waals surface area contributed by atoms with Crippen molar-refractivity contribution in [2.24, 2.45) is 5.92 Å². The molecule has 0 saturated carbocycles. The van der Waals surface area contributed by atoms with E-state index < -0.39 is 11.7 Å². The Balaban J connectivity index is 1.70. The molecule has 0 bridgehead atoms. The summed E-state index contributed by atoms with van der Waals surface area (Å²) in [6.45, 7) is 6.56. The van der Waals surface area contributed by atoms with Crippen molar-refractivity contribution in [3.8, 4) is 0 Å². The molecule has 1 aliphatic carbocycles. The van der Waals surface area contributed by atoms with Crippen LogP contribution >= 0.6 is 0 Å². The third kappa shape index (κ3) is 3.26. The lowest BCUT2D eigenvalue weighted by molar-refractivity contribution is -0.137. The van der Waals surface area contributed by atoms with Gasteiger partial charge in [0.15, 0.2) is 0 Å². The van der Waals surface area contributed by atoms with Gasteiger partial charge in [-0.05, 0) is 52.6 Å². The molecule has 0 saturated heterocycles. The molecular weight excluding hydrogens is 347 g/mol. The first-order chi connectivity index (χ1) is 12.6. The summed E-state index contributed by atoms with van der Waals surface area (Å²) in [5.74, 6) is 0.261. The monoisotopic (exact) mass is 371 g/mol. The number of hydrogen-bond acceptors (Lipinski definition) is 1. The molecule has 4 heteroatoms. The molecule has 0 amide bonds. The molecule has 27 heavy (non-hydrogen) atoms. The maximum Gasteiger partial charge on any atom is 0.416 e. The smallest absolute Gasteiger partial charge is 0.378 e. The van der Waals surface area contributed by atoms with Gasteiger partial charge in [-0.1, -0.05) is 57.2 Å². The zero-order chi connectivity index (χ0) is 19.4. The van der Waals surface area contributed by atoms with Crippen molar-refractivity contribution in [3.05, 3.63) is 76.9 Å². The summed E-state index contributed by atoms with van der Waals surface area (Å²) >= 11 is 0. The van der Waals surface area contributed by atoms with Crippen LogP contribution in [-0.4, -0.2) is 0 Å². The Morgan fingerprint density at radius 2 is 1.59 bits per heavy atom. The van der Waals surface area contributed by atoms with Crippen molar-refractivity contribution >= 4 is 5.69 Å². The molecule has 0 aromatic heterocycles. The second-order valence-corrected chi connectivity index (χ2v) is 8.65. The fourth-order valence-corrected chi connectivity index (χ4v) is 4.29. The Morgan fingerprint density at radius 3 is 2.22 bits per heavy atom. The lowest BCUT2D eigenvalue weighted by atomic mass is 9.76. The van der Waals surface area contributed by atoms with Crippen LogP contribution in [0, 0.1) is 5.92 Å². The maximum absolute atomic E-state index is 13.1. The highest BCUT2D eigenvalue weighted by atomic mass is 19.4. The zero-order valence-corrected chi connectivity index (χ0v) is 15.8. The van der Waals surface area contributed by atoms with E-state index in [0.29, 0.717) is 0 Å². The first-order valence-corrected chi connectivity index (χ1v) is 9.39. The Morgan fingerprint density at radius 1 is 0.926 bits per heavy atom. The van der Waals surface area contributed by atoms with Crippen LogP contribution < -0.4 is 5.32 Å². The fourth-order valence-electron chi connectivity index (χ4n) is 4.29. The number of rotatable bonds is 1. The molecule has 1 heterocycles.